The van der Waals surface area contributed by atoms with E-state index in [1.54, 1.807) is 30.3 Å². The van der Waals surface area contributed by atoms with Gasteiger partial charge in [-0.2, -0.15) is 0 Å². The first-order valence-corrected chi connectivity index (χ1v) is 12.1. The normalized spacial score (nSPS) is 18.1. The summed E-state index contributed by atoms with van der Waals surface area (Å²) in [5, 5.41) is 9.54. The van der Waals surface area contributed by atoms with Crippen LogP contribution >= 0.6 is 0 Å². The zero-order chi connectivity index (χ0) is 24.4. The zero-order valence-electron chi connectivity index (χ0n) is 19.5. The van der Waals surface area contributed by atoms with Gasteiger partial charge in [-0.3, -0.25) is 4.79 Å². The maximum absolute atomic E-state index is 13.2. The Morgan fingerprint density at radius 3 is 2.40 bits per heavy atom. The number of carboxylic acids is 1. The summed E-state index contributed by atoms with van der Waals surface area (Å²) < 4.78 is 19.3. The molecule has 1 atom stereocenters. The lowest BCUT2D eigenvalue weighted by Crippen LogP contribution is -2.37. The SMILES string of the molecule is O=C(O)c1ccc2c(c1)C(CCN1CCC(C(=O)c3ccc(F)cc3)CC1)c1ccccc1CO2. The van der Waals surface area contributed by atoms with E-state index in [0.717, 1.165) is 55.8 Å². The van der Waals surface area contributed by atoms with E-state index in [4.69, 9.17) is 4.74 Å². The number of Topliss-reactive ketones (excluding diaryl/α,β-unsaturated/α-hetero) is 1. The molecule has 3 aromatic rings. The average molecular weight is 474 g/mol. The number of carbonyl (C=O) groups is 2. The van der Waals surface area contributed by atoms with Crippen LogP contribution in [0, 0.1) is 11.7 Å². The molecule has 2 heterocycles. The fourth-order valence-electron chi connectivity index (χ4n) is 5.31. The summed E-state index contributed by atoms with van der Waals surface area (Å²) in [7, 11) is 0. The van der Waals surface area contributed by atoms with E-state index in [0.29, 0.717) is 12.2 Å². The van der Waals surface area contributed by atoms with Crippen LogP contribution in [0.25, 0.3) is 0 Å². The van der Waals surface area contributed by atoms with Crippen LogP contribution in [0.3, 0.4) is 0 Å². The Kier molecular flexibility index (Phi) is 6.64. The van der Waals surface area contributed by atoms with Crippen LogP contribution in [0.1, 0.15) is 62.6 Å². The highest BCUT2D eigenvalue weighted by Crippen LogP contribution is 2.40. The Balaban J connectivity index is 1.29. The van der Waals surface area contributed by atoms with Crippen LogP contribution in [0.2, 0.25) is 0 Å². The van der Waals surface area contributed by atoms with Crippen molar-refractivity contribution in [2.75, 3.05) is 19.6 Å². The van der Waals surface area contributed by atoms with Gasteiger partial charge in [-0.25, -0.2) is 9.18 Å². The molecular weight excluding hydrogens is 445 g/mol. The quantitative estimate of drug-likeness (QED) is 0.477. The lowest BCUT2D eigenvalue weighted by Gasteiger charge is -2.32. The highest BCUT2D eigenvalue weighted by atomic mass is 19.1. The van der Waals surface area contributed by atoms with Crippen LogP contribution in [0.4, 0.5) is 4.39 Å². The Morgan fingerprint density at radius 2 is 1.66 bits per heavy atom. The summed E-state index contributed by atoms with van der Waals surface area (Å²) in [6.07, 6.45) is 2.38. The molecule has 0 amide bonds. The first-order valence-electron chi connectivity index (χ1n) is 12.1. The molecule has 1 saturated heterocycles. The maximum Gasteiger partial charge on any atom is 0.335 e. The molecule has 0 aromatic heterocycles. The fraction of sp³-hybridized carbons (Fsp3) is 0.310. The van der Waals surface area contributed by atoms with Gasteiger partial charge >= 0.3 is 5.97 Å². The van der Waals surface area contributed by atoms with Crippen LogP contribution < -0.4 is 4.74 Å². The van der Waals surface area contributed by atoms with E-state index in [-0.39, 0.29) is 29.0 Å². The van der Waals surface area contributed by atoms with Crippen molar-refractivity contribution in [3.63, 3.8) is 0 Å². The first-order chi connectivity index (χ1) is 17.0. The molecule has 2 aliphatic rings. The summed E-state index contributed by atoms with van der Waals surface area (Å²) in [5.41, 5.74) is 4.04. The molecular formula is C29H28FNO4. The van der Waals surface area contributed by atoms with Gasteiger partial charge in [-0.05, 0) is 92.5 Å². The molecule has 180 valence electrons. The number of piperidine rings is 1. The molecule has 0 spiro atoms. The zero-order valence-corrected chi connectivity index (χ0v) is 19.5. The minimum Gasteiger partial charge on any atom is -0.489 e. The molecule has 3 aromatic carbocycles. The van der Waals surface area contributed by atoms with Crippen LogP contribution in [0.15, 0.2) is 66.7 Å². The molecule has 2 aliphatic heterocycles. The Labute approximate surface area is 204 Å². The van der Waals surface area contributed by atoms with Gasteiger partial charge in [0.15, 0.2) is 5.78 Å². The number of ether oxygens (including phenoxy) is 1. The number of hydrogen-bond donors (Lipinski definition) is 1. The number of ketones is 1. The topological polar surface area (TPSA) is 66.8 Å². The fourth-order valence-corrected chi connectivity index (χ4v) is 5.31. The van der Waals surface area contributed by atoms with Crippen LogP contribution in [-0.4, -0.2) is 41.4 Å². The molecule has 1 unspecified atom stereocenters. The van der Waals surface area contributed by atoms with E-state index >= 15 is 0 Å². The summed E-state index contributed by atoms with van der Waals surface area (Å²) in [4.78, 5) is 26.8. The minimum absolute atomic E-state index is 0.0292. The molecule has 0 aliphatic carbocycles. The Hall–Kier alpha value is -3.51. The van der Waals surface area contributed by atoms with Crippen molar-refractivity contribution < 1.29 is 23.8 Å². The van der Waals surface area contributed by atoms with Crippen molar-refractivity contribution in [1.82, 2.24) is 4.90 Å². The number of likely N-dealkylation sites (tertiary alicyclic amines) is 1. The number of rotatable bonds is 6. The van der Waals surface area contributed by atoms with Gasteiger partial charge in [0.05, 0.1) is 5.56 Å². The van der Waals surface area contributed by atoms with Gasteiger partial charge in [0.25, 0.3) is 0 Å². The summed E-state index contributed by atoms with van der Waals surface area (Å²) in [6.45, 7) is 2.95. The standard InChI is InChI=1S/C29H28FNO4/c30-23-8-5-19(6-9-23)28(32)20-11-14-31(15-12-20)16-13-25-24-4-2-1-3-22(24)18-35-27-10-7-21(29(33)34)17-26(25)27/h1-10,17,20,25H,11-16,18H2,(H,33,34). The van der Waals surface area contributed by atoms with Gasteiger partial charge in [0.1, 0.15) is 18.2 Å². The van der Waals surface area contributed by atoms with Crippen LogP contribution in [0.5, 0.6) is 5.75 Å². The monoisotopic (exact) mass is 473 g/mol. The second-order valence-electron chi connectivity index (χ2n) is 9.37. The minimum atomic E-state index is -0.947. The van der Waals surface area contributed by atoms with E-state index in [9.17, 15) is 19.1 Å². The highest BCUT2D eigenvalue weighted by molar-refractivity contribution is 5.97. The third-order valence-electron chi connectivity index (χ3n) is 7.27. The molecule has 6 heteroatoms. The smallest absolute Gasteiger partial charge is 0.335 e. The van der Waals surface area contributed by atoms with E-state index < -0.39 is 5.97 Å². The molecule has 1 fully saturated rings. The van der Waals surface area contributed by atoms with Gasteiger partial charge < -0.3 is 14.7 Å². The summed E-state index contributed by atoms with van der Waals surface area (Å²) >= 11 is 0. The summed E-state index contributed by atoms with van der Waals surface area (Å²) in [6, 6.07) is 19.1. The predicted molar refractivity (Wildman–Crippen MR) is 131 cm³/mol. The molecule has 1 N–H and O–H groups in total. The number of nitrogens with zero attached hydrogens (tertiary/aromatic N) is 1. The van der Waals surface area contributed by atoms with E-state index in [1.807, 2.05) is 12.1 Å². The molecule has 0 radical (unpaired) electrons. The second kappa shape index (κ2) is 10.0. The van der Waals surface area contributed by atoms with E-state index in [2.05, 4.69) is 17.0 Å². The largest absolute Gasteiger partial charge is 0.489 e. The number of carbonyl (C=O) groups excluding carboxylic acids is 1. The number of fused-ring (bicyclic) bond motifs is 2. The van der Waals surface area contributed by atoms with Gasteiger partial charge in [-0.1, -0.05) is 24.3 Å². The second-order valence-corrected chi connectivity index (χ2v) is 9.37. The van der Waals surface area contributed by atoms with Crippen LogP contribution in [-0.2, 0) is 6.61 Å². The molecule has 35 heavy (non-hydrogen) atoms. The Morgan fingerprint density at radius 1 is 0.943 bits per heavy atom. The predicted octanol–water partition coefficient (Wildman–Crippen LogP) is 5.53. The molecule has 5 rings (SSSR count). The maximum atomic E-state index is 13.2. The molecule has 0 bridgehead atoms. The van der Waals surface area contributed by atoms with Crippen molar-refractivity contribution in [3.05, 3.63) is 100 Å². The lowest BCUT2D eigenvalue weighted by molar-refractivity contribution is 0.0696. The van der Waals surface area contributed by atoms with Gasteiger partial charge in [-0.15, -0.1) is 0 Å². The number of benzene rings is 3. The van der Waals surface area contributed by atoms with Crippen molar-refractivity contribution in [2.24, 2.45) is 5.92 Å². The van der Waals surface area contributed by atoms with E-state index in [1.165, 1.54) is 17.7 Å². The first kappa shape index (κ1) is 23.2. The Bertz CT molecular complexity index is 1230. The number of carboxylic acid groups (broad SMARTS) is 1. The van der Waals surface area contributed by atoms with Crippen molar-refractivity contribution in [2.45, 2.75) is 31.8 Å². The van der Waals surface area contributed by atoms with Crippen molar-refractivity contribution in [3.8, 4) is 5.75 Å². The third kappa shape index (κ3) is 4.98. The van der Waals surface area contributed by atoms with Gasteiger partial charge in [0.2, 0.25) is 0 Å². The molecule has 0 saturated carbocycles. The summed E-state index contributed by atoms with van der Waals surface area (Å²) in [5.74, 6) is -0.463. The van der Waals surface area contributed by atoms with Gasteiger partial charge in [0, 0.05) is 23.0 Å². The molecule has 5 nitrogen and oxygen atoms in total. The number of halogens is 1. The van der Waals surface area contributed by atoms with Crippen molar-refractivity contribution in [1.29, 1.82) is 0 Å². The number of hydrogen-bond acceptors (Lipinski definition) is 4. The third-order valence-corrected chi connectivity index (χ3v) is 7.27. The highest BCUT2D eigenvalue weighted by Gasteiger charge is 2.29. The lowest BCUT2D eigenvalue weighted by atomic mass is 9.84. The number of aromatic carboxylic acids is 1. The average Bonchev–Trinajstić information content (AvgIpc) is 3.04. The van der Waals surface area contributed by atoms with Crippen molar-refractivity contribution >= 4 is 11.8 Å².